The van der Waals surface area contributed by atoms with Crippen LogP contribution in [0.2, 0.25) is 5.02 Å². The Kier molecular flexibility index (Phi) is 5.97. The number of anilines is 4. The normalized spacial score (nSPS) is 10.6. The molecule has 0 unspecified atom stereocenters. The molecule has 4 aromatic rings. The molecule has 10 heteroatoms. The van der Waals surface area contributed by atoms with Crippen LogP contribution in [0.3, 0.4) is 0 Å². The Morgan fingerprint density at radius 3 is 2.45 bits per heavy atom. The van der Waals surface area contributed by atoms with Crippen molar-refractivity contribution in [1.82, 2.24) is 10.1 Å². The Morgan fingerprint density at radius 2 is 1.76 bits per heavy atom. The van der Waals surface area contributed by atoms with Gasteiger partial charge < -0.3 is 26.2 Å². The Morgan fingerprint density at radius 1 is 1.06 bits per heavy atom. The van der Waals surface area contributed by atoms with Gasteiger partial charge in [0.2, 0.25) is 5.91 Å². The number of nitrogen functional groups attached to an aromatic ring is 1. The number of aromatic nitrogens is 2. The summed E-state index contributed by atoms with van der Waals surface area (Å²) in [6, 6.07) is 13.4. The van der Waals surface area contributed by atoms with E-state index in [1.54, 1.807) is 24.3 Å². The van der Waals surface area contributed by atoms with Crippen molar-refractivity contribution in [3.8, 4) is 11.1 Å². The largest absolute Gasteiger partial charge is 0.380 e. The minimum Gasteiger partial charge on any atom is -0.380 e. The zero-order valence-corrected chi connectivity index (χ0v) is 18.2. The van der Waals surface area contributed by atoms with Gasteiger partial charge in [0.05, 0.1) is 16.1 Å². The lowest BCUT2D eigenvalue weighted by Gasteiger charge is -2.11. The van der Waals surface area contributed by atoms with Crippen LogP contribution in [0.4, 0.5) is 27.7 Å². The number of hydrogen-bond donors (Lipinski definition) is 4. The fourth-order valence-corrected chi connectivity index (χ4v) is 3.46. The molecule has 0 aliphatic heterocycles. The van der Waals surface area contributed by atoms with Gasteiger partial charge in [-0.05, 0) is 55.0 Å². The van der Waals surface area contributed by atoms with Crippen molar-refractivity contribution in [2.45, 2.75) is 6.92 Å². The lowest BCUT2D eigenvalue weighted by atomic mass is 10.0. The number of nitrogens with one attached hydrogen (secondary N) is 3. The van der Waals surface area contributed by atoms with Crippen LogP contribution in [0.15, 0.2) is 65.7 Å². The zero-order chi connectivity index (χ0) is 23.5. The molecule has 0 fully saturated rings. The van der Waals surface area contributed by atoms with Gasteiger partial charge in [-0.1, -0.05) is 35.5 Å². The van der Waals surface area contributed by atoms with Gasteiger partial charge >= 0.3 is 6.03 Å². The SMILES string of the molecule is C=CC(=O)Nc1ccc(NC(=O)Nc2ccc(-c3cc(C)nc4onc(N)c34)cc2)cc1Cl. The van der Waals surface area contributed by atoms with Crippen LogP contribution in [-0.4, -0.2) is 22.1 Å². The van der Waals surface area contributed by atoms with E-state index < -0.39 is 6.03 Å². The molecule has 166 valence electrons. The van der Waals surface area contributed by atoms with E-state index in [9.17, 15) is 9.59 Å². The van der Waals surface area contributed by atoms with Crippen molar-refractivity contribution < 1.29 is 14.1 Å². The van der Waals surface area contributed by atoms with E-state index in [0.717, 1.165) is 22.9 Å². The second-order valence-electron chi connectivity index (χ2n) is 7.10. The predicted molar refractivity (Wildman–Crippen MR) is 129 cm³/mol. The molecule has 0 radical (unpaired) electrons. The van der Waals surface area contributed by atoms with Crippen LogP contribution in [0.5, 0.6) is 0 Å². The molecule has 0 bridgehead atoms. The summed E-state index contributed by atoms with van der Waals surface area (Å²) in [7, 11) is 0. The summed E-state index contributed by atoms with van der Waals surface area (Å²) in [6.45, 7) is 5.24. The molecule has 2 aromatic carbocycles. The van der Waals surface area contributed by atoms with E-state index in [1.165, 1.54) is 6.07 Å². The number of carbonyl (C=O) groups excluding carboxylic acids is 2. The standard InChI is InChI=1S/C23H19ClN6O3/c1-3-19(31)29-18-9-8-15(11-17(18)24)28-23(32)27-14-6-4-13(5-7-14)16-10-12(2)26-22-20(16)21(25)30-33-22/h3-11H,1H2,2H3,(H2,25,30)(H,29,31)(H2,27,28,32). The highest BCUT2D eigenvalue weighted by atomic mass is 35.5. The second-order valence-corrected chi connectivity index (χ2v) is 7.51. The monoisotopic (exact) mass is 462 g/mol. The molecule has 2 heterocycles. The van der Waals surface area contributed by atoms with Gasteiger partial charge in [0.1, 0.15) is 0 Å². The topological polar surface area (TPSA) is 135 Å². The summed E-state index contributed by atoms with van der Waals surface area (Å²) >= 11 is 6.16. The number of fused-ring (bicyclic) bond motifs is 1. The fourth-order valence-electron chi connectivity index (χ4n) is 3.23. The number of aryl methyl sites for hydroxylation is 1. The highest BCUT2D eigenvalue weighted by Crippen LogP contribution is 2.33. The number of nitrogens with two attached hydrogens (primary N) is 1. The molecule has 33 heavy (non-hydrogen) atoms. The third kappa shape index (κ3) is 4.78. The van der Waals surface area contributed by atoms with Crippen molar-refractivity contribution in [2.24, 2.45) is 0 Å². The van der Waals surface area contributed by atoms with Crippen LogP contribution < -0.4 is 21.7 Å². The summed E-state index contributed by atoms with van der Waals surface area (Å²) in [5.41, 5.74) is 10.2. The van der Waals surface area contributed by atoms with E-state index in [-0.39, 0.29) is 16.7 Å². The molecule has 0 saturated carbocycles. The third-order valence-corrected chi connectivity index (χ3v) is 5.04. The first-order valence-electron chi connectivity index (χ1n) is 9.78. The number of carbonyl (C=O) groups is 2. The van der Waals surface area contributed by atoms with Crippen molar-refractivity contribution in [1.29, 1.82) is 0 Å². The number of hydrogen-bond acceptors (Lipinski definition) is 6. The summed E-state index contributed by atoms with van der Waals surface area (Å²) in [5, 5.41) is 12.7. The van der Waals surface area contributed by atoms with E-state index in [0.29, 0.717) is 28.2 Å². The Balaban J connectivity index is 1.46. The van der Waals surface area contributed by atoms with Crippen LogP contribution in [-0.2, 0) is 4.79 Å². The van der Waals surface area contributed by atoms with E-state index in [4.69, 9.17) is 21.9 Å². The van der Waals surface area contributed by atoms with Crippen LogP contribution in [0.1, 0.15) is 5.69 Å². The maximum atomic E-state index is 12.4. The van der Waals surface area contributed by atoms with Crippen LogP contribution >= 0.6 is 11.6 Å². The zero-order valence-electron chi connectivity index (χ0n) is 17.5. The summed E-state index contributed by atoms with van der Waals surface area (Å²) in [5.74, 6) is -0.115. The average molecular weight is 463 g/mol. The summed E-state index contributed by atoms with van der Waals surface area (Å²) < 4.78 is 5.18. The van der Waals surface area contributed by atoms with E-state index in [1.807, 2.05) is 25.1 Å². The van der Waals surface area contributed by atoms with Crippen molar-refractivity contribution in [3.05, 3.63) is 71.9 Å². The molecule has 0 saturated heterocycles. The molecular formula is C23H19ClN6O3. The molecular weight excluding hydrogens is 444 g/mol. The summed E-state index contributed by atoms with van der Waals surface area (Å²) in [4.78, 5) is 28.1. The van der Waals surface area contributed by atoms with Crippen LogP contribution in [0.25, 0.3) is 22.2 Å². The van der Waals surface area contributed by atoms with Gasteiger partial charge in [0, 0.05) is 22.6 Å². The average Bonchev–Trinajstić information content (AvgIpc) is 3.15. The second kappa shape index (κ2) is 9.01. The quantitative estimate of drug-likeness (QED) is 0.301. The maximum absolute atomic E-state index is 12.4. The van der Waals surface area contributed by atoms with Gasteiger partial charge in [-0.15, -0.1) is 0 Å². The highest BCUT2D eigenvalue weighted by Gasteiger charge is 2.14. The van der Waals surface area contributed by atoms with E-state index >= 15 is 0 Å². The van der Waals surface area contributed by atoms with Crippen molar-refractivity contribution in [3.63, 3.8) is 0 Å². The molecule has 0 aliphatic carbocycles. The third-order valence-electron chi connectivity index (χ3n) is 4.72. The number of halogens is 1. The molecule has 0 aliphatic rings. The Hall–Kier alpha value is -4.37. The molecule has 5 N–H and O–H groups in total. The van der Waals surface area contributed by atoms with Gasteiger partial charge in [-0.25, -0.2) is 9.78 Å². The number of amides is 3. The number of nitrogens with zero attached hydrogens (tertiary/aromatic N) is 2. The van der Waals surface area contributed by atoms with Crippen LogP contribution in [0, 0.1) is 6.92 Å². The highest BCUT2D eigenvalue weighted by molar-refractivity contribution is 6.34. The fraction of sp³-hybridized carbons (Fsp3) is 0.0435. The predicted octanol–water partition coefficient (Wildman–Crippen LogP) is 5.20. The lowest BCUT2D eigenvalue weighted by molar-refractivity contribution is -0.111. The molecule has 3 amide bonds. The number of pyridine rings is 1. The first-order valence-corrected chi connectivity index (χ1v) is 10.2. The van der Waals surface area contributed by atoms with Gasteiger partial charge in [0.15, 0.2) is 5.82 Å². The van der Waals surface area contributed by atoms with E-state index in [2.05, 4.69) is 32.7 Å². The Bertz CT molecular complexity index is 1380. The molecule has 4 rings (SSSR count). The minimum atomic E-state index is -0.452. The number of urea groups is 1. The molecule has 2 aromatic heterocycles. The Labute approximate surface area is 193 Å². The number of benzene rings is 2. The van der Waals surface area contributed by atoms with Crippen molar-refractivity contribution in [2.75, 3.05) is 21.7 Å². The smallest absolute Gasteiger partial charge is 0.323 e. The first-order chi connectivity index (χ1) is 15.8. The maximum Gasteiger partial charge on any atom is 0.323 e. The minimum absolute atomic E-state index is 0.266. The van der Waals surface area contributed by atoms with Gasteiger partial charge in [-0.3, -0.25) is 4.79 Å². The lowest BCUT2D eigenvalue weighted by Crippen LogP contribution is -2.19. The first kappa shape index (κ1) is 21.8. The molecule has 0 spiro atoms. The molecule has 9 nitrogen and oxygen atoms in total. The molecule has 0 atom stereocenters. The number of rotatable bonds is 5. The van der Waals surface area contributed by atoms with Gasteiger partial charge in [-0.2, -0.15) is 0 Å². The van der Waals surface area contributed by atoms with Crippen molar-refractivity contribution >= 4 is 57.5 Å². The van der Waals surface area contributed by atoms with Gasteiger partial charge in [0.25, 0.3) is 5.71 Å². The summed E-state index contributed by atoms with van der Waals surface area (Å²) in [6.07, 6.45) is 1.14.